The molecule has 162 valence electrons. The third-order valence-corrected chi connectivity index (χ3v) is 6.03. The second-order valence-corrected chi connectivity index (χ2v) is 10.0. The molecule has 1 atom stereocenters. The van der Waals surface area contributed by atoms with Gasteiger partial charge in [-0.25, -0.2) is 4.79 Å². The smallest absolute Gasteiger partial charge is 0.410 e. The van der Waals surface area contributed by atoms with Gasteiger partial charge < -0.3 is 19.4 Å². The summed E-state index contributed by atoms with van der Waals surface area (Å²) in [4.78, 5) is 19.2. The molecular formula is C24H39N3O2. The van der Waals surface area contributed by atoms with Crippen molar-refractivity contribution >= 4 is 6.09 Å². The maximum atomic E-state index is 12.3. The lowest BCUT2D eigenvalue weighted by atomic mass is 9.95. The first kappa shape index (κ1) is 22.1. The van der Waals surface area contributed by atoms with Gasteiger partial charge in [-0.1, -0.05) is 30.3 Å². The number of carbonyl (C=O) groups is 1. The highest BCUT2D eigenvalue weighted by Gasteiger charge is 2.31. The van der Waals surface area contributed by atoms with Crippen LogP contribution in [0.5, 0.6) is 0 Å². The fraction of sp³-hybridized carbons (Fsp3) is 0.708. The number of benzene rings is 1. The Labute approximate surface area is 177 Å². The zero-order valence-electron chi connectivity index (χ0n) is 18.8. The van der Waals surface area contributed by atoms with Gasteiger partial charge in [0.1, 0.15) is 5.60 Å². The Morgan fingerprint density at radius 1 is 1.07 bits per heavy atom. The molecule has 29 heavy (non-hydrogen) atoms. The highest BCUT2D eigenvalue weighted by Crippen LogP contribution is 2.24. The van der Waals surface area contributed by atoms with E-state index in [0.29, 0.717) is 5.92 Å². The monoisotopic (exact) mass is 401 g/mol. The van der Waals surface area contributed by atoms with Crippen LogP contribution in [0.1, 0.15) is 45.6 Å². The van der Waals surface area contributed by atoms with Crippen molar-refractivity contribution in [3.63, 3.8) is 0 Å². The predicted octanol–water partition coefficient (Wildman–Crippen LogP) is 4.09. The van der Waals surface area contributed by atoms with Crippen molar-refractivity contribution in [2.24, 2.45) is 11.8 Å². The van der Waals surface area contributed by atoms with E-state index in [-0.39, 0.29) is 6.09 Å². The second-order valence-electron chi connectivity index (χ2n) is 10.0. The second kappa shape index (κ2) is 9.94. The molecule has 1 aromatic carbocycles. The topological polar surface area (TPSA) is 36.0 Å². The lowest BCUT2D eigenvalue weighted by Crippen LogP contribution is -2.41. The number of carbonyl (C=O) groups excluding carboxylic acids is 1. The lowest BCUT2D eigenvalue weighted by molar-refractivity contribution is 0.0283. The van der Waals surface area contributed by atoms with Gasteiger partial charge in [-0.05, 0) is 77.6 Å². The maximum absolute atomic E-state index is 12.3. The zero-order valence-corrected chi connectivity index (χ0v) is 18.8. The molecule has 1 amide bonds. The van der Waals surface area contributed by atoms with Gasteiger partial charge in [0, 0.05) is 32.7 Å². The van der Waals surface area contributed by atoms with Crippen LogP contribution >= 0.6 is 0 Å². The molecular weight excluding hydrogens is 362 g/mol. The lowest BCUT2D eigenvalue weighted by Gasteiger charge is -2.35. The Morgan fingerprint density at radius 3 is 2.38 bits per heavy atom. The summed E-state index contributed by atoms with van der Waals surface area (Å²) in [5.41, 5.74) is 0.980. The molecule has 0 radical (unpaired) electrons. The van der Waals surface area contributed by atoms with Gasteiger partial charge >= 0.3 is 6.09 Å². The number of amides is 1. The number of piperidine rings is 1. The molecule has 5 nitrogen and oxygen atoms in total. The van der Waals surface area contributed by atoms with Crippen LogP contribution < -0.4 is 0 Å². The zero-order chi connectivity index (χ0) is 20.9. The minimum Gasteiger partial charge on any atom is -0.444 e. The van der Waals surface area contributed by atoms with Crippen LogP contribution in [0.2, 0.25) is 0 Å². The Bertz CT molecular complexity index is 635. The Morgan fingerprint density at radius 2 is 1.72 bits per heavy atom. The molecule has 0 N–H and O–H groups in total. The first-order chi connectivity index (χ1) is 13.8. The van der Waals surface area contributed by atoms with E-state index in [0.717, 1.165) is 38.5 Å². The number of hydrogen-bond donors (Lipinski definition) is 0. The molecule has 0 aliphatic carbocycles. The molecule has 0 bridgehead atoms. The number of rotatable bonds is 6. The number of hydrogen-bond acceptors (Lipinski definition) is 4. The van der Waals surface area contributed by atoms with Gasteiger partial charge in [0.25, 0.3) is 0 Å². The molecule has 2 heterocycles. The Balaban J connectivity index is 1.34. The van der Waals surface area contributed by atoms with Crippen LogP contribution in [0.3, 0.4) is 0 Å². The molecule has 0 spiro atoms. The normalized spacial score (nSPS) is 21.7. The average Bonchev–Trinajstić information content (AvgIpc) is 3.11. The molecule has 2 fully saturated rings. The van der Waals surface area contributed by atoms with Crippen LogP contribution in [0, 0.1) is 11.8 Å². The average molecular weight is 402 g/mol. The van der Waals surface area contributed by atoms with Crippen molar-refractivity contribution in [2.75, 3.05) is 46.3 Å². The molecule has 0 aromatic heterocycles. The molecule has 2 aliphatic rings. The van der Waals surface area contributed by atoms with Crippen LogP contribution in [0.25, 0.3) is 0 Å². The Hall–Kier alpha value is -1.59. The van der Waals surface area contributed by atoms with Crippen molar-refractivity contribution in [1.82, 2.24) is 14.7 Å². The summed E-state index contributed by atoms with van der Waals surface area (Å²) < 4.78 is 5.52. The fourth-order valence-corrected chi connectivity index (χ4v) is 4.59. The van der Waals surface area contributed by atoms with E-state index in [4.69, 9.17) is 4.74 Å². The minimum atomic E-state index is -0.412. The fourth-order valence-electron chi connectivity index (χ4n) is 4.59. The molecule has 1 aromatic rings. The van der Waals surface area contributed by atoms with E-state index in [1.807, 2.05) is 25.7 Å². The predicted molar refractivity (Wildman–Crippen MR) is 118 cm³/mol. The van der Waals surface area contributed by atoms with E-state index >= 15 is 0 Å². The van der Waals surface area contributed by atoms with E-state index in [1.54, 1.807) is 0 Å². The maximum Gasteiger partial charge on any atom is 0.410 e. The highest BCUT2D eigenvalue weighted by molar-refractivity contribution is 5.68. The Kier molecular flexibility index (Phi) is 7.58. The van der Waals surface area contributed by atoms with Crippen molar-refractivity contribution in [2.45, 2.75) is 52.2 Å². The number of nitrogens with zero attached hydrogens (tertiary/aromatic N) is 3. The van der Waals surface area contributed by atoms with Crippen molar-refractivity contribution < 1.29 is 9.53 Å². The quantitative estimate of drug-likeness (QED) is 0.719. The molecule has 2 aliphatic heterocycles. The van der Waals surface area contributed by atoms with Crippen LogP contribution in [-0.2, 0) is 11.3 Å². The summed E-state index contributed by atoms with van der Waals surface area (Å²) in [6.07, 6.45) is 3.50. The molecule has 1 unspecified atom stereocenters. The van der Waals surface area contributed by atoms with E-state index in [9.17, 15) is 4.79 Å². The molecule has 3 rings (SSSR count). The summed E-state index contributed by atoms with van der Waals surface area (Å²) >= 11 is 0. The first-order valence-electron chi connectivity index (χ1n) is 11.2. The van der Waals surface area contributed by atoms with Gasteiger partial charge in [0.2, 0.25) is 0 Å². The SMILES string of the molecule is CN(Cc1ccccc1)CC1CCN(CC2CCN(C(=O)OC(C)(C)C)C2)CC1. The number of likely N-dealkylation sites (tertiary alicyclic amines) is 2. The summed E-state index contributed by atoms with van der Waals surface area (Å²) in [5, 5.41) is 0. The van der Waals surface area contributed by atoms with Crippen LogP contribution in [-0.4, -0.2) is 72.7 Å². The number of ether oxygens (including phenoxy) is 1. The largest absolute Gasteiger partial charge is 0.444 e. The van der Waals surface area contributed by atoms with Crippen LogP contribution in [0.4, 0.5) is 4.79 Å². The molecule has 2 saturated heterocycles. The third-order valence-electron chi connectivity index (χ3n) is 6.03. The molecule has 0 saturated carbocycles. The summed E-state index contributed by atoms with van der Waals surface area (Å²) in [7, 11) is 2.24. The molecule has 5 heteroatoms. The summed E-state index contributed by atoms with van der Waals surface area (Å²) in [6, 6.07) is 10.7. The van der Waals surface area contributed by atoms with Gasteiger partial charge in [0.05, 0.1) is 0 Å². The van der Waals surface area contributed by atoms with Gasteiger partial charge in [-0.15, -0.1) is 0 Å². The van der Waals surface area contributed by atoms with E-state index in [1.165, 1.54) is 38.0 Å². The van der Waals surface area contributed by atoms with Crippen molar-refractivity contribution in [3.05, 3.63) is 35.9 Å². The van der Waals surface area contributed by atoms with Crippen LogP contribution in [0.15, 0.2) is 30.3 Å². The van der Waals surface area contributed by atoms with Gasteiger partial charge in [-0.3, -0.25) is 0 Å². The highest BCUT2D eigenvalue weighted by atomic mass is 16.6. The summed E-state index contributed by atoms with van der Waals surface area (Å²) in [5.74, 6) is 1.38. The van der Waals surface area contributed by atoms with E-state index in [2.05, 4.69) is 47.2 Å². The van der Waals surface area contributed by atoms with Crippen molar-refractivity contribution in [3.8, 4) is 0 Å². The van der Waals surface area contributed by atoms with Crippen molar-refractivity contribution in [1.29, 1.82) is 0 Å². The minimum absolute atomic E-state index is 0.153. The summed E-state index contributed by atoms with van der Waals surface area (Å²) in [6.45, 7) is 13.2. The standard InChI is InChI=1S/C24H39N3O2/c1-24(2,3)29-23(28)27-15-12-22(19-27)18-26-13-10-21(11-14-26)17-25(4)16-20-8-6-5-7-9-20/h5-9,21-22H,10-19H2,1-4H3. The van der Waals surface area contributed by atoms with Gasteiger partial charge in [-0.2, -0.15) is 0 Å². The van der Waals surface area contributed by atoms with Gasteiger partial charge in [0.15, 0.2) is 0 Å². The van der Waals surface area contributed by atoms with E-state index < -0.39 is 5.60 Å². The first-order valence-corrected chi connectivity index (χ1v) is 11.2. The third kappa shape index (κ3) is 7.31.